The lowest BCUT2D eigenvalue weighted by Gasteiger charge is -2.12. The maximum atomic E-state index is 12.4. The summed E-state index contributed by atoms with van der Waals surface area (Å²) < 4.78 is 8.15. The molecule has 0 unspecified atom stereocenters. The molecule has 0 saturated heterocycles. The maximum Gasteiger partial charge on any atom is 0.270 e. The Labute approximate surface area is 188 Å². The summed E-state index contributed by atoms with van der Waals surface area (Å²) in [5.41, 5.74) is 4.81. The highest BCUT2D eigenvalue weighted by Crippen LogP contribution is 2.20. The van der Waals surface area contributed by atoms with Gasteiger partial charge in [-0.2, -0.15) is 0 Å². The molecule has 32 heavy (non-hydrogen) atoms. The van der Waals surface area contributed by atoms with Crippen LogP contribution >= 0.6 is 0 Å². The normalized spacial score (nSPS) is 10.9. The molecule has 6 heteroatoms. The topological polar surface area (TPSA) is 69.0 Å². The highest BCUT2D eigenvalue weighted by atomic mass is 16.5. The van der Waals surface area contributed by atoms with Gasteiger partial charge in [-0.15, -0.1) is 0 Å². The zero-order chi connectivity index (χ0) is 22.3. The summed E-state index contributed by atoms with van der Waals surface area (Å²) in [4.78, 5) is 21.2. The number of pyridine rings is 1. The lowest BCUT2D eigenvalue weighted by molar-refractivity contribution is 0.0944. The second-order valence-electron chi connectivity index (χ2n) is 7.89. The van der Waals surface area contributed by atoms with E-state index in [1.54, 1.807) is 24.4 Å². The van der Waals surface area contributed by atoms with E-state index >= 15 is 0 Å². The van der Waals surface area contributed by atoms with Crippen molar-refractivity contribution in [3.05, 3.63) is 89.5 Å². The molecule has 0 aliphatic carbocycles. The number of hydrogen-bond donors (Lipinski definition) is 1. The van der Waals surface area contributed by atoms with Crippen molar-refractivity contribution in [1.29, 1.82) is 0 Å². The molecule has 4 aromatic rings. The highest BCUT2D eigenvalue weighted by Gasteiger charge is 2.13. The molecule has 2 aromatic heterocycles. The Hall–Kier alpha value is -3.67. The van der Waals surface area contributed by atoms with Gasteiger partial charge < -0.3 is 14.6 Å². The standard InChI is InChI=1S/C26H28N4O2/c1-19-12-13-24(20(2)17-19)32-16-8-7-15-30-23-11-4-3-9-21(23)29-25(30)18-28-26(31)22-10-5-6-14-27-22/h3-6,9-14,17H,7-8,15-16,18H2,1-2H3,(H,28,31). The Kier molecular flexibility index (Phi) is 6.80. The SMILES string of the molecule is Cc1ccc(OCCCCn2c(CNC(=O)c3ccccn3)nc3ccccc32)c(C)c1. The molecular formula is C26H28N4O2. The summed E-state index contributed by atoms with van der Waals surface area (Å²) in [7, 11) is 0. The fraction of sp³-hybridized carbons (Fsp3) is 0.269. The van der Waals surface area contributed by atoms with Crippen molar-refractivity contribution < 1.29 is 9.53 Å². The van der Waals surface area contributed by atoms with E-state index in [-0.39, 0.29) is 5.91 Å². The third-order valence-electron chi connectivity index (χ3n) is 5.40. The summed E-state index contributed by atoms with van der Waals surface area (Å²) in [6.07, 6.45) is 3.50. The number of carbonyl (C=O) groups is 1. The summed E-state index contributed by atoms with van der Waals surface area (Å²) in [5.74, 6) is 1.58. The number of hydrogen-bond acceptors (Lipinski definition) is 4. The monoisotopic (exact) mass is 428 g/mol. The molecule has 2 heterocycles. The van der Waals surface area contributed by atoms with Crippen LogP contribution in [0.4, 0.5) is 0 Å². The zero-order valence-electron chi connectivity index (χ0n) is 18.5. The van der Waals surface area contributed by atoms with Crippen molar-refractivity contribution in [2.45, 2.75) is 39.8 Å². The lowest BCUT2D eigenvalue weighted by atomic mass is 10.1. The van der Waals surface area contributed by atoms with Gasteiger partial charge in [0.05, 0.1) is 24.2 Å². The van der Waals surface area contributed by atoms with Crippen LogP contribution in [0.1, 0.15) is 40.3 Å². The number of rotatable bonds is 9. The molecule has 0 aliphatic rings. The molecule has 0 saturated carbocycles. The summed E-state index contributed by atoms with van der Waals surface area (Å²) >= 11 is 0. The lowest BCUT2D eigenvalue weighted by Crippen LogP contribution is -2.25. The van der Waals surface area contributed by atoms with E-state index in [0.717, 1.165) is 47.6 Å². The number of aryl methyl sites for hydroxylation is 3. The van der Waals surface area contributed by atoms with Gasteiger partial charge in [-0.25, -0.2) is 4.98 Å². The first-order valence-electron chi connectivity index (χ1n) is 11.0. The van der Waals surface area contributed by atoms with E-state index in [9.17, 15) is 4.79 Å². The van der Waals surface area contributed by atoms with Crippen LogP contribution in [0.25, 0.3) is 11.0 Å². The first-order chi connectivity index (χ1) is 15.6. The van der Waals surface area contributed by atoms with Crippen molar-refractivity contribution in [1.82, 2.24) is 19.9 Å². The Balaban J connectivity index is 1.37. The third kappa shape index (κ3) is 5.14. The number of imidazole rings is 1. The molecule has 0 radical (unpaired) electrons. The van der Waals surface area contributed by atoms with Crippen LogP contribution < -0.4 is 10.1 Å². The van der Waals surface area contributed by atoms with Gasteiger partial charge in [0.25, 0.3) is 5.91 Å². The number of carbonyl (C=O) groups excluding carboxylic acids is 1. The van der Waals surface area contributed by atoms with Crippen molar-refractivity contribution in [3.8, 4) is 5.75 Å². The van der Waals surface area contributed by atoms with Crippen molar-refractivity contribution in [2.24, 2.45) is 0 Å². The Morgan fingerprint density at radius 2 is 1.88 bits per heavy atom. The number of amides is 1. The number of aromatic nitrogens is 3. The predicted molar refractivity (Wildman–Crippen MR) is 126 cm³/mol. The fourth-order valence-corrected chi connectivity index (χ4v) is 3.77. The van der Waals surface area contributed by atoms with Crippen LogP contribution in [0.5, 0.6) is 5.75 Å². The Bertz CT molecular complexity index is 1200. The third-order valence-corrected chi connectivity index (χ3v) is 5.40. The average Bonchev–Trinajstić information content (AvgIpc) is 3.16. The average molecular weight is 429 g/mol. The van der Waals surface area contributed by atoms with Crippen LogP contribution in [0.2, 0.25) is 0 Å². The molecule has 0 aliphatic heterocycles. The Morgan fingerprint density at radius 3 is 2.69 bits per heavy atom. The van der Waals surface area contributed by atoms with Gasteiger partial charge in [0.1, 0.15) is 17.3 Å². The van der Waals surface area contributed by atoms with E-state index in [4.69, 9.17) is 9.72 Å². The quantitative estimate of drug-likeness (QED) is 0.388. The number of ether oxygens (including phenoxy) is 1. The van der Waals surface area contributed by atoms with Crippen LogP contribution in [-0.4, -0.2) is 27.0 Å². The first-order valence-corrected chi connectivity index (χ1v) is 11.0. The van der Waals surface area contributed by atoms with Crippen molar-refractivity contribution >= 4 is 16.9 Å². The number of para-hydroxylation sites is 2. The van der Waals surface area contributed by atoms with Gasteiger partial charge in [0.15, 0.2) is 0 Å². The molecular weight excluding hydrogens is 400 g/mol. The van der Waals surface area contributed by atoms with E-state index in [0.29, 0.717) is 18.8 Å². The zero-order valence-corrected chi connectivity index (χ0v) is 18.5. The second kappa shape index (κ2) is 10.1. The maximum absolute atomic E-state index is 12.4. The van der Waals surface area contributed by atoms with E-state index < -0.39 is 0 Å². The smallest absolute Gasteiger partial charge is 0.270 e. The molecule has 0 fully saturated rings. The van der Waals surface area contributed by atoms with Gasteiger partial charge in [-0.3, -0.25) is 9.78 Å². The summed E-state index contributed by atoms with van der Waals surface area (Å²) in [6, 6.07) is 19.6. The van der Waals surface area contributed by atoms with Crippen molar-refractivity contribution in [2.75, 3.05) is 6.61 Å². The van der Waals surface area contributed by atoms with Crippen LogP contribution in [0, 0.1) is 13.8 Å². The predicted octanol–water partition coefficient (Wildman–Crippen LogP) is 4.84. The number of nitrogens with one attached hydrogen (secondary N) is 1. The fourth-order valence-electron chi connectivity index (χ4n) is 3.77. The minimum absolute atomic E-state index is 0.203. The molecule has 1 N–H and O–H groups in total. The van der Waals surface area contributed by atoms with Gasteiger partial charge >= 0.3 is 0 Å². The molecule has 2 aromatic carbocycles. The molecule has 0 atom stereocenters. The molecule has 6 nitrogen and oxygen atoms in total. The van der Waals surface area contributed by atoms with E-state index in [1.165, 1.54) is 5.56 Å². The van der Waals surface area contributed by atoms with Gasteiger partial charge in [0, 0.05) is 12.7 Å². The molecule has 4 rings (SSSR count). The Morgan fingerprint density at radius 1 is 1.03 bits per heavy atom. The number of nitrogens with zero attached hydrogens (tertiary/aromatic N) is 3. The summed E-state index contributed by atoms with van der Waals surface area (Å²) in [6.45, 7) is 5.99. The molecule has 0 spiro atoms. The number of fused-ring (bicyclic) bond motifs is 1. The summed E-state index contributed by atoms with van der Waals surface area (Å²) in [5, 5.41) is 2.94. The largest absolute Gasteiger partial charge is 0.493 e. The van der Waals surface area contributed by atoms with Crippen LogP contribution in [-0.2, 0) is 13.1 Å². The van der Waals surface area contributed by atoms with Crippen molar-refractivity contribution in [3.63, 3.8) is 0 Å². The minimum atomic E-state index is -0.203. The molecule has 0 bridgehead atoms. The van der Waals surface area contributed by atoms with Gasteiger partial charge in [-0.1, -0.05) is 35.9 Å². The van der Waals surface area contributed by atoms with E-state index in [1.807, 2.05) is 24.3 Å². The molecule has 1 amide bonds. The second-order valence-corrected chi connectivity index (χ2v) is 7.89. The van der Waals surface area contributed by atoms with Crippen LogP contribution in [0.15, 0.2) is 66.9 Å². The minimum Gasteiger partial charge on any atom is -0.493 e. The van der Waals surface area contributed by atoms with Gasteiger partial charge in [-0.05, 0) is 62.6 Å². The van der Waals surface area contributed by atoms with Crippen LogP contribution in [0.3, 0.4) is 0 Å². The highest BCUT2D eigenvalue weighted by molar-refractivity contribution is 5.92. The molecule has 164 valence electrons. The first kappa shape index (κ1) is 21.6. The van der Waals surface area contributed by atoms with Gasteiger partial charge in [0.2, 0.25) is 0 Å². The number of unbranched alkanes of at least 4 members (excludes halogenated alkanes) is 1. The number of benzene rings is 2. The van der Waals surface area contributed by atoms with E-state index in [2.05, 4.69) is 46.9 Å².